The highest BCUT2D eigenvalue weighted by Gasteiger charge is 2.29. The third-order valence-electron chi connectivity index (χ3n) is 2.56. The molecule has 0 heterocycles. The van der Waals surface area contributed by atoms with Crippen LogP contribution in [-0.2, 0) is 10.0 Å². The molecule has 8 heteroatoms. The standard InChI is InChI=1S/C12H13F3N2O2S/c1-2-7-17(8-3-6-16)20(18,19)10-5-4-9(13)11(14)12(10)15/h4-5H,2-3,7-8H2,1H3. The van der Waals surface area contributed by atoms with Crippen LogP contribution < -0.4 is 0 Å². The van der Waals surface area contributed by atoms with Crippen LogP contribution in [-0.4, -0.2) is 25.8 Å². The molecule has 0 unspecified atom stereocenters. The summed E-state index contributed by atoms with van der Waals surface area (Å²) in [5.41, 5.74) is 0. The number of nitrogens with zero attached hydrogens (tertiary/aromatic N) is 2. The van der Waals surface area contributed by atoms with Gasteiger partial charge in [-0.15, -0.1) is 0 Å². The van der Waals surface area contributed by atoms with E-state index in [-0.39, 0.29) is 19.5 Å². The van der Waals surface area contributed by atoms with E-state index in [1.807, 2.05) is 0 Å². The summed E-state index contributed by atoms with van der Waals surface area (Å²) in [6, 6.07) is 3.02. The second-order valence-electron chi connectivity index (χ2n) is 3.99. The van der Waals surface area contributed by atoms with Crippen molar-refractivity contribution in [1.82, 2.24) is 4.31 Å². The molecule has 0 atom stereocenters. The van der Waals surface area contributed by atoms with Gasteiger partial charge in [-0.3, -0.25) is 0 Å². The van der Waals surface area contributed by atoms with Crippen molar-refractivity contribution in [2.45, 2.75) is 24.7 Å². The second-order valence-corrected chi connectivity index (χ2v) is 5.89. The van der Waals surface area contributed by atoms with Crippen molar-refractivity contribution in [3.05, 3.63) is 29.6 Å². The molecular formula is C12H13F3N2O2S. The Morgan fingerprint density at radius 3 is 2.40 bits per heavy atom. The van der Waals surface area contributed by atoms with Gasteiger partial charge in [0.15, 0.2) is 17.5 Å². The highest BCUT2D eigenvalue weighted by molar-refractivity contribution is 7.89. The zero-order valence-electron chi connectivity index (χ0n) is 10.7. The summed E-state index contributed by atoms with van der Waals surface area (Å²) in [7, 11) is -4.30. The van der Waals surface area contributed by atoms with Crippen LogP contribution >= 0.6 is 0 Å². The van der Waals surface area contributed by atoms with Crippen LogP contribution in [0.1, 0.15) is 19.8 Å². The van der Waals surface area contributed by atoms with Crippen molar-refractivity contribution < 1.29 is 21.6 Å². The monoisotopic (exact) mass is 306 g/mol. The molecular weight excluding hydrogens is 293 g/mol. The van der Waals surface area contributed by atoms with E-state index in [1.165, 1.54) is 0 Å². The topological polar surface area (TPSA) is 61.2 Å². The first-order valence-electron chi connectivity index (χ1n) is 5.86. The summed E-state index contributed by atoms with van der Waals surface area (Å²) in [6.07, 6.45) is 0.362. The minimum Gasteiger partial charge on any atom is -0.207 e. The third-order valence-corrected chi connectivity index (χ3v) is 4.48. The molecule has 0 spiro atoms. The molecule has 0 saturated carbocycles. The zero-order chi connectivity index (χ0) is 15.3. The van der Waals surface area contributed by atoms with Crippen molar-refractivity contribution in [2.24, 2.45) is 0 Å². The average Bonchev–Trinajstić information content (AvgIpc) is 2.40. The number of hydrogen-bond acceptors (Lipinski definition) is 3. The van der Waals surface area contributed by atoms with Crippen molar-refractivity contribution in [3.63, 3.8) is 0 Å². The fourth-order valence-electron chi connectivity index (χ4n) is 1.62. The third kappa shape index (κ3) is 3.29. The van der Waals surface area contributed by atoms with E-state index < -0.39 is 32.4 Å². The van der Waals surface area contributed by atoms with Crippen molar-refractivity contribution in [3.8, 4) is 6.07 Å². The van der Waals surface area contributed by atoms with Gasteiger partial charge in [-0.2, -0.15) is 9.57 Å². The molecule has 0 aliphatic heterocycles. The summed E-state index contributed by atoms with van der Waals surface area (Å²) in [5.74, 6) is -5.04. The van der Waals surface area contributed by atoms with Gasteiger partial charge in [0.1, 0.15) is 4.90 Å². The lowest BCUT2D eigenvalue weighted by molar-refractivity contribution is 0.402. The molecule has 0 aromatic heterocycles. The van der Waals surface area contributed by atoms with E-state index in [0.29, 0.717) is 18.6 Å². The molecule has 0 aliphatic carbocycles. The first kappa shape index (κ1) is 16.5. The fourth-order valence-corrected chi connectivity index (χ4v) is 3.21. The van der Waals surface area contributed by atoms with Crippen molar-refractivity contribution in [1.29, 1.82) is 5.26 Å². The van der Waals surface area contributed by atoms with Crippen LogP contribution in [0.3, 0.4) is 0 Å². The minimum atomic E-state index is -4.30. The molecule has 0 fully saturated rings. The molecule has 0 amide bonds. The average molecular weight is 306 g/mol. The van der Waals surface area contributed by atoms with E-state index in [1.54, 1.807) is 13.0 Å². The Bertz CT molecular complexity index is 626. The summed E-state index contributed by atoms with van der Waals surface area (Å²) < 4.78 is 64.8. The van der Waals surface area contributed by atoms with Crippen LogP contribution in [0.2, 0.25) is 0 Å². The highest BCUT2D eigenvalue weighted by Crippen LogP contribution is 2.23. The Hall–Kier alpha value is -1.59. The SMILES string of the molecule is CCCN(CCC#N)S(=O)(=O)c1ccc(F)c(F)c1F. The van der Waals surface area contributed by atoms with Gasteiger partial charge < -0.3 is 0 Å². The summed E-state index contributed by atoms with van der Waals surface area (Å²) >= 11 is 0. The maximum Gasteiger partial charge on any atom is 0.246 e. The van der Waals surface area contributed by atoms with E-state index in [0.717, 1.165) is 4.31 Å². The summed E-state index contributed by atoms with van der Waals surface area (Å²) in [4.78, 5) is -0.928. The predicted octanol–water partition coefficient (Wildman–Crippen LogP) is 2.42. The van der Waals surface area contributed by atoms with Gasteiger partial charge >= 0.3 is 0 Å². The fraction of sp³-hybridized carbons (Fsp3) is 0.417. The van der Waals surface area contributed by atoms with Crippen LogP contribution in [0.15, 0.2) is 17.0 Å². The quantitative estimate of drug-likeness (QED) is 0.758. The second kappa shape index (κ2) is 6.72. The molecule has 110 valence electrons. The smallest absolute Gasteiger partial charge is 0.207 e. The van der Waals surface area contributed by atoms with Crippen LogP contribution in [0.25, 0.3) is 0 Å². The van der Waals surface area contributed by atoms with Crippen molar-refractivity contribution in [2.75, 3.05) is 13.1 Å². The first-order chi connectivity index (χ1) is 9.36. The molecule has 0 bridgehead atoms. The number of rotatable bonds is 6. The molecule has 0 radical (unpaired) electrons. The zero-order valence-corrected chi connectivity index (χ0v) is 11.6. The Labute approximate surface area is 115 Å². The summed E-state index contributed by atoms with van der Waals surface area (Å²) in [6.45, 7) is 1.63. The number of nitriles is 1. The van der Waals surface area contributed by atoms with E-state index in [9.17, 15) is 21.6 Å². The number of benzene rings is 1. The Kier molecular flexibility index (Phi) is 5.53. The lowest BCUT2D eigenvalue weighted by atomic mass is 10.3. The maximum absolute atomic E-state index is 13.6. The van der Waals surface area contributed by atoms with Crippen LogP contribution in [0, 0.1) is 28.8 Å². The molecule has 0 saturated heterocycles. The van der Waals surface area contributed by atoms with Gasteiger partial charge in [0.25, 0.3) is 0 Å². The highest BCUT2D eigenvalue weighted by atomic mass is 32.2. The molecule has 20 heavy (non-hydrogen) atoms. The first-order valence-corrected chi connectivity index (χ1v) is 7.30. The number of hydrogen-bond donors (Lipinski definition) is 0. The normalized spacial score (nSPS) is 11.6. The Morgan fingerprint density at radius 2 is 1.85 bits per heavy atom. The lowest BCUT2D eigenvalue weighted by Crippen LogP contribution is -2.33. The molecule has 0 N–H and O–H groups in total. The lowest BCUT2D eigenvalue weighted by Gasteiger charge is -2.20. The van der Waals surface area contributed by atoms with Crippen LogP contribution in [0.5, 0.6) is 0 Å². The van der Waals surface area contributed by atoms with Gasteiger partial charge in [-0.05, 0) is 18.6 Å². The maximum atomic E-state index is 13.6. The predicted molar refractivity (Wildman–Crippen MR) is 65.6 cm³/mol. The van der Waals surface area contributed by atoms with E-state index >= 15 is 0 Å². The molecule has 1 aromatic rings. The van der Waals surface area contributed by atoms with Gasteiger partial charge in [0, 0.05) is 19.5 Å². The summed E-state index contributed by atoms with van der Waals surface area (Å²) in [5, 5.41) is 8.50. The molecule has 1 rings (SSSR count). The minimum absolute atomic E-state index is 0.0580. The number of halogens is 3. The Balaban J connectivity index is 3.26. The van der Waals surface area contributed by atoms with Gasteiger partial charge in [-0.1, -0.05) is 6.92 Å². The van der Waals surface area contributed by atoms with Gasteiger partial charge in [0.2, 0.25) is 10.0 Å². The molecule has 0 aliphatic rings. The van der Waals surface area contributed by atoms with Gasteiger partial charge in [-0.25, -0.2) is 21.6 Å². The van der Waals surface area contributed by atoms with E-state index in [2.05, 4.69) is 0 Å². The molecule has 4 nitrogen and oxygen atoms in total. The van der Waals surface area contributed by atoms with Crippen LogP contribution in [0.4, 0.5) is 13.2 Å². The largest absolute Gasteiger partial charge is 0.246 e. The van der Waals surface area contributed by atoms with E-state index in [4.69, 9.17) is 5.26 Å². The van der Waals surface area contributed by atoms with Gasteiger partial charge in [0.05, 0.1) is 6.07 Å². The van der Waals surface area contributed by atoms with Crippen molar-refractivity contribution >= 4 is 10.0 Å². The number of sulfonamides is 1. The molecule has 1 aromatic carbocycles. The Morgan fingerprint density at radius 1 is 1.20 bits per heavy atom.